The van der Waals surface area contributed by atoms with E-state index in [0.717, 1.165) is 23.7 Å². The molecule has 1 aromatic rings. The first-order chi connectivity index (χ1) is 8.08. The summed E-state index contributed by atoms with van der Waals surface area (Å²) >= 11 is 12.8. The van der Waals surface area contributed by atoms with Gasteiger partial charge in [-0.3, -0.25) is 4.79 Å². The lowest BCUT2D eigenvalue weighted by Crippen LogP contribution is -2.37. The Morgan fingerprint density at radius 3 is 2.76 bits per heavy atom. The fraction of sp³-hybridized carbons (Fsp3) is 0.417. The van der Waals surface area contributed by atoms with Gasteiger partial charge in [0.25, 0.3) is 5.91 Å². The molecule has 2 nitrogen and oxygen atoms in total. The molecular formula is C12H12Br2ClNO. The van der Waals surface area contributed by atoms with E-state index < -0.39 is 0 Å². The van der Waals surface area contributed by atoms with E-state index in [9.17, 15) is 4.79 Å². The van der Waals surface area contributed by atoms with Crippen molar-refractivity contribution in [1.29, 1.82) is 0 Å². The molecule has 0 spiro atoms. The van der Waals surface area contributed by atoms with Gasteiger partial charge in [0.15, 0.2) is 0 Å². The molecule has 0 heterocycles. The molecule has 0 radical (unpaired) electrons. The van der Waals surface area contributed by atoms with Crippen molar-refractivity contribution in [2.45, 2.75) is 30.1 Å². The average molecular weight is 381 g/mol. The van der Waals surface area contributed by atoms with E-state index >= 15 is 0 Å². The van der Waals surface area contributed by atoms with Crippen molar-refractivity contribution < 1.29 is 4.79 Å². The molecule has 2 atom stereocenters. The maximum Gasteiger partial charge on any atom is 0.251 e. The van der Waals surface area contributed by atoms with Gasteiger partial charge in [-0.1, -0.05) is 34.0 Å². The Morgan fingerprint density at radius 2 is 2.18 bits per heavy atom. The van der Waals surface area contributed by atoms with Gasteiger partial charge >= 0.3 is 0 Å². The molecule has 0 bridgehead atoms. The highest BCUT2D eigenvalue weighted by molar-refractivity contribution is 9.10. The van der Waals surface area contributed by atoms with Crippen LogP contribution in [0.1, 0.15) is 29.6 Å². The number of amides is 1. The molecule has 2 unspecified atom stereocenters. The number of benzene rings is 1. The summed E-state index contributed by atoms with van der Waals surface area (Å²) in [6, 6.07) is 5.44. The SMILES string of the molecule is O=C(NC1CCCC1Br)c1ccc(Cl)c(Br)c1. The minimum absolute atomic E-state index is 0.0429. The van der Waals surface area contributed by atoms with Crippen molar-refractivity contribution in [3.8, 4) is 0 Å². The zero-order valence-corrected chi connectivity index (χ0v) is 13.0. The van der Waals surface area contributed by atoms with Crippen molar-refractivity contribution in [2.24, 2.45) is 0 Å². The Bertz CT molecular complexity index is 439. The van der Waals surface area contributed by atoms with Crippen LogP contribution in [0.3, 0.4) is 0 Å². The average Bonchev–Trinajstić information content (AvgIpc) is 2.68. The summed E-state index contributed by atoms with van der Waals surface area (Å²) < 4.78 is 0.744. The molecule has 0 aliphatic heterocycles. The molecule has 1 N–H and O–H groups in total. The number of carbonyl (C=O) groups excluding carboxylic acids is 1. The van der Waals surface area contributed by atoms with Crippen LogP contribution in [0.15, 0.2) is 22.7 Å². The van der Waals surface area contributed by atoms with E-state index in [-0.39, 0.29) is 11.9 Å². The van der Waals surface area contributed by atoms with Gasteiger partial charge in [-0.25, -0.2) is 0 Å². The molecule has 1 saturated carbocycles. The first kappa shape index (κ1) is 13.4. The van der Waals surface area contributed by atoms with Gasteiger partial charge in [0.05, 0.1) is 5.02 Å². The van der Waals surface area contributed by atoms with Gasteiger partial charge in [-0.2, -0.15) is 0 Å². The van der Waals surface area contributed by atoms with E-state index in [1.807, 2.05) is 0 Å². The molecule has 92 valence electrons. The molecule has 1 fully saturated rings. The van der Waals surface area contributed by atoms with Crippen LogP contribution >= 0.6 is 43.5 Å². The Balaban J connectivity index is 2.06. The van der Waals surface area contributed by atoms with Crippen molar-refractivity contribution >= 4 is 49.4 Å². The molecular weight excluding hydrogens is 369 g/mol. The van der Waals surface area contributed by atoms with Crippen LogP contribution in [0, 0.1) is 0 Å². The molecule has 17 heavy (non-hydrogen) atoms. The first-order valence-electron chi connectivity index (χ1n) is 5.48. The van der Waals surface area contributed by atoms with Gasteiger partial charge in [0.2, 0.25) is 0 Å². The highest BCUT2D eigenvalue weighted by Crippen LogP contribution is 2.27. The Labute approximate surface area is 122 Å². The zero-order chi connectivity index (χ0) is 12.4. The van der Waals surface area contributed by atoms with Gasteiger partial charge in [0, 0.05) is 20.9 Å². The predicted molar refractivity (Wildman–Crippen MR) is 77.0 cm³/mol. The monoisotopic (exact) mass is 379 g/mol. The summed E-state index contributed by atoms with van der Waals surface area (Å²) in [6.07, 6.45) is 3.32. The number of alkyl halides is 1. The third-order valence-electron chi connectivity index (χ3n) is 2.93. The second kappa shape index (κ2) is 5.72. The maximum absolute atomic E-state index is 12.0. The van der Waals surface area contributed by atoms with Crippen molar-refractivity contribution in [3.05, 3.63) is 33.3 Å². The third-order valence-corrected chi connectivity index (χ3v) is 5.24. The van der Waals surface area contributed by atoms with Crippen LogP contribution in [0.2, 0.25) is 5.02 Å². The van der Waals surface area contributed by atoms with E-state index in [1.54, 1.807) is 18.2 Å². The molecule has 1 aliphatic rings. The minimum atomic E-state index is -0.0429. The predicted octanol–water partition coefficient (Wildman–Crippen LogP) is 4.15. The fourth-order valence-electron chi connectivity index (χ4n) is 1.97. The standard InChI is InChI=1S/C12H12Br2ClNO/c13-8-2-1-3-11(8)16-12(17)7-4-5-10(15)9(14)6-7/h4-6,8,11H,1-3H2,(H,16,17). The lowest BCUT2D eigenvalue weighted by Gasteiger charge is -2.16. The van der Waals surface area contributed by atoms with Crippen LogP contribution in [0.5, 0.6) is 0 Å². The van der Waals surface area contributed by atoms with Crippen LogP contribution in [0.4, 0.5) is 0 Å². The van der Waals surface area contributed by atoms with Gasteiger partial charge in [-0.05, 0) is 47.0 Å². The van der Waals surface area contributed by atoms with Crippen molar-refractivity contribution in [3.63, 3.8) is 0 Å². The maximum atomic E-state index is 12.0. The number of halogens is 3. The van der Waals surface area contributed by atoms with E-state index in [1.165, 1.54) is 0 Å². The van der Waals surface area contributed by atoms with Gasteiger partial charge < -0.3 is 5.32 Å². The van der Waals surface area contributed by atoms with Crippen LogP contribution in [-0.4, -0.2) is 16.8 Å². The number of hydrogen-bond acceptors (Lipinski definition) is 1. The molecule has 1 aliphatic carbocycles. The quantitative estimate of drug-likeness (QED) is 0.766. The molecule has 1 aromatic carbocycles. The number of carbonyl (C=O) groups is 1. The summed E-state index contributed by atoms with van der Waals surface area (Å²) in [5.41, 5.74) is 0.632. The Hall–Kier alpha value is -0.0600. The van der Waals surface area contributed by atoms with Crippen molar-refractivity contribution in [2.75, 3.05) is 0 Å². The zero-order valence-electron chi connectivity index (χ0n) is 9.05. The Kier molecular flexibility index (Phi) is 4.50. The number of nitrogens with one attached hydrogen (secondary N) is 1. The Morgan fingerprint density at radius 1 is 1.41 bits per heavy atom. The largest absolute Gasteiger partial charge is 0.348 e. The highest BCUT2D eigenvalue weighted by atomic mass is 79.9. The second-order valence-electron chi connectivity index (χ2n) is 4.16. The fourth-order valence-corrected chi connectivity index (χ4v) is 3.18. The van der Waals surface area contributed by atoms with E-state index in [0.29, 0.717) is 15.4 Å². The topological polar surface area (TPSA) is 29.1 Å². The summed E-state index contributed by atoms with van der Waals surface area (Å²) in [6.45, 7) is 0. The molecule has 2 rings (SSSR count). The number of rotatable bonds is 2. The van der Waals surface area contributed by atoms with Crippen LogP contribution < -0.4 is 5.32 Å². The molecule has 1 amide bonds. The van der Waals surface area contributed by atoms with E-state index in [4.69, 9.17) is 11.6 Å². The highest BCUT2D eigenvalue weighted by Gasteiger charge is 2.26. The summed E-state index contributed by atoms with van der Waals surface area (Å²) in [7, 11) is 0. The van der Waals surface area contributed by atoms with Crippen molar-refractivity contribution in [1.82, 2.24) is 5.32 Å². The summed E-state index contributed by atoms with van der Waals surface area (Å²) in [5.74, 6) is -0.0429. The lowest BCUT2D eigenvalue weighted by atomic mass is 10.2. The van der Waals surface area contributed by atoms with Gasteiger partial charge in [-0.15, -0.1) is 0 Å². The molecule has 0 aromatic heterocycles. The van der Waals surface area contributed by atoms with Gasteiger partial charge in [0.1, 0.15) is 0 Å². The molecule has 0 saturated heterocycles. The first-order valence-corrected chi connectivity index (χ1v) is 7.56. The smallest absolute Gasteiger partial charge is 0.251 e. The minimum Gasteiger partial charge on any atom is -0.348 e. The second-order valence-corrected chi connectivity index (χ2v) is 6.59. The summed E-state index contributed by atoms with van der Waals surface area (Å²) in [4.78, 5) is 12.4. The molecule has 5 heteroatoms. The van der Waals surface area contributed by atoms with Crippen LogP contribution in [0.25, 0.3) is 0 Å². The lowest BCUT2D eigenvalue weighted by molar-refractivity contribution is 0.0939. The normalized spacial score (nSPS) is 23.7. The third kappa shape index (κ3) is 3.24. The van der Waals surface area contributed by atoms with Crippen LogP contribution in [-0.2, 0) is 0 Å². The summed E-state index contributed by atoms with van der Waals surface area (Å²) in [5, 5.41) is 3.65. The number of hydrogen-bond donors (Lipinski definition) is 1. The van der Waals surface area contributed by atoms with E-state index in [2.05, 4.69) is 37.2 Å².